The number of nitro groups is 1. The van der Waals surface area contributed by atoms with E-state index in [1.165, 1.54) is 12.1 Å². The molecule has 0 fully saturated rings. The fraction of sp³-hybridized carbons (Fsp3) is 0.467. The molecule has 126 valence electrons. The summed E-state index contributed by atoms with van der Waals surface area (Å²) in [4.78, 5) is 33.2. The predicted octanol–water partition coefficient (Wildman–Crippen LogP) is 2.27. The molecule has 0 saturated carbocycles. The first-order chi connectivity index (χ1) is 11.0. The summed E-state index contributed by atoms with van der Waals surface area (Å²) in [6.07, 6.45) is 2.14. The number of nitro benzene ring substituents is 1. The highest BCUT2D eigenvalue weighted by Crippen LogP contribution is 2.20. The Hall–Kier alpha value is -1.55. The van der Waals surface area contributed by atoms with Crippen molar-refractivity contribution in [3.05, 3.63) is 39.4 Å². The van der Waals surface area contributed by atoms with Crippen LogP contribution in [0.1, 0.15) is 36.8 Å². The van der Waals surface area contributed by atoms with Gasteiger partial charge in [0.05, 0.1) is 21.5 Å². The minimum Gasteiger partial charge on any atom is -0.391 e. The van der Waals surface area contributed by atoms with Crippen LogP contribution in [-0.2, 0) is 22.7 Å². The highest BCUT2D eigenvalue weighted by molar-refractivity contribution is 14.1. The number of aliphatic hydroxyl groups excluding tert-OH is 1. The summed E-state index contributed by atoms with van der Waals surface area (Å²) in [5.41, 5.74) is 0.684. The van der Waals surface area contributed by atoms with Crippen molar-refractivity contribution in [3.8, 4) is 0 Å². The Morgan fingerprint density at radius 3 is 2.57 bits per heavy atom. The van der Waals surface area contributed by atoms with Gasteiger partial charge in [-0.1, -0.05) is 28.7 Å². The van der Waals surface area contributed by atoms with E-state index in [2.05, 4.69) is 5.32 Å². The predicted molar refractivity (Wildman–Crippen MR) is 93.2 cm³/mol. The topological polar surface area (TPSA) is 110 Å². The molecule has 0 aliphatic rings. The van der Waals surface area contributed by atoms with Crippen molar-refractivity contribution in [1.82, 2.24) is 5.32 Å². The van der Waals surface area contributed by atoms with Crippen LogP contribution in [0, 0.1) is 10.1 Å². The molecule has 1 aromatic carbocycles. The van der Waals surface area contributed by atoms with Crippen molar-refractivity contribution >= 4 is 40.0 Å². The Balaban J connectivity index is 2.42. The van der Waals surface area contributed by atoms with Crippen LogP contribution in [0.3, 0.4) is 0 Å². The van der Waals surface area contributed by atoms with Crippen LogP contribution < -0.4 is 5.32 Å². The second-order valence-electron chi connectivity index (χ2n) is 5.03. The van der Waals surface area contributed by atoms with Crippen LogP contribution in [0.25, 0.3) is 0 Å². The van der Waals surface area contributed by atoms with E-state index in [4.69, 9.17) is 5.11 Å². The van der Waals surface area contributed by atoms with Gasteiger partial charge in [-0.25, -0.2) is 0 Å². The Labute approximate surface area is 147 Å². The normalized spacial score (nSPS) is 10.3. The SMILES string of the molecule is O=C(CI)CCCCC(=O)NCc1ccc(CO)c([N+](=O)[O-])c1. The summed E-state index contributed by atoms with van der Waals surface area (Å²) in [6.45, 7) is -0.211. The summed E-state index contributed by atoms with van der Waals surface area (Å²) in [6, 6.07) is 4.47. The maximum absolute atomic E-state index is 11.7. The van der Waals surface area contributed by atoms with E-state index in [1.807, 2.05) is 22.6 Å². The number of carbonyl (C=O) groups is 2. The number of hydrogen-bond acceptors (Lipinski definition) is 5. The Morgan fingerprint density at radius 2 is 1.96 bits per heavy atom. The molecule has 0 aromatic heterocycles. The van der Waals surface area contributed by atoms with E-state index in [0.29, 0.717) is 35.7 Å². The molecule has 0 saturated heterocycles. The lowest BCUT2D eigenvalue weighted by atomic mass is 10.1. The van der Waals surface area contributed by atoms with Gasteiger partial charge in [0.25, 0.3) is 5.69 Å². The summed E-state index contributed by atoms with van der Waals surface area (Å²) in [5.74, 6) is 0.0306. The molecule has 0 aliphatic carbocycles. The third kappa shape index (κ3) is 7.04. The number of ketones is 1. The number of aliphatic hydroxyl groups is 1. The number of carbonyl (C=O) groups excluding carboxylic acids is 2. The third-order valence-corrected chi connectivity index (χ3v) is 4.12. The molecule has 8 heteroatoms. The van der Waals surface area contributed by atoms with Crippen molar-refractivity contribution < 1.29 is 19.6 Å². The van der Waals surface area contributed by atoms with Crippen LogP contribution in [0.5, 0.6) is 0 Å². The number of nitrogens with zero attached hydrogens (tertiary/aromatic N) is 1. The first-order valence-electron chi connectivity index (χ1n) is 7.19. The number of nitrogens with one attached hydrogen (secondary N) is 1. The van der Waals surface area contributed by atoms with Gasteiger partial charge in [0.2, 0.25) is 5.91 Å². The number of amides is 1. The van der Waals surface area contributed by atoms with E-state index >= 15 is 0 Å². The minimum atomic E-state index is -0.555. The minimum absolute atomic E-state index is 0.152. The highest BCUT2D eigenvalue weighted by atomic mass is 127. The fourth-order valence-corrected chi connectivity index (χ4v) is 2.37. The van der Waals surface area contributed by atoms with Crippen LogP contribution >= 0.6 is 22.6 Å². The van der Waals surface area contributed by atoms with Crippen molar-refractivity contribution in [2.45, 2.75) is 38.8 Å². The Kier molecular flexibility index (Phi) is 8.70. The van der Waals surface area contributed by atoms with Crippen molar-refractivity contribution in [2.75, 3.05) is 4.43 Å². The maximum Gasteiger partial charge on any atom is 0.275 e. The zero-order chi connectivity index (χ0) is 17.2. The Morgan fingerprint density at radius 1 is 1.26 bits per heavy atom. The van der Waals surface area contributed by atoms with Crippen LogP contribution in [-0.4, -0.2) is 26.1 Å². The molecule has 0 heterocycles. The van der Waals surface area contributed by atoms with Crippen LogP contribution in [0.15, 0.2) is 18.2 Å². The maximum atomic E-state index is 11.7. The molecule has 0 aliphatic heterocycles. The van der Waals surface area contributed by atoms with E-state index in [1.54, 1.807) is 6.07 Å². The zero-order valence-electron chi connectivity index (χ0n) is 12.6. The standard InChI is InChI=1S/C15H19IN2O5/c16-8-13(20)3-1-2-4-15(21)17-9-11-5-6-12(10-19)14(7-11)18(22)23/h5-7,19H,1-4,8-10H2,(H,17,21). The zero-order valence-corrected chi connectivity index (χ0v) is 14.7. The average molecular weight is 434 g/mol. The molecule has 0 unspecified atom stereocenters. The molecule has 1 aromatic rings. The smallest absolute Gasteiger partial charge is 0.275 e. The van der Waals surface area contributed by atoms with Crippen LogP contribution in [0.2, 0.25) is 0 Å². The lowest BCUT2D eigenvalue weighted by Gasteiger charge is -2.07. The van der Waals surface area contributed by atoms with Crippen molar-refractivity contribution in [2.24, 2.45) is 0 Å². The number of halogens is 1. The van der Waals surface area contributed by atoms with E-state index in [9.17, 15) is 19.7 Å². The molecule has 1 rings (SSSR count). The third-order valence-electron chi connectivity index (χ3n) is 3.26. The van der Waals surface area contributed by atoms with Gasteiger partial charge in [-0.05, 0) is 24.5 Å². The molecule has 1 amide bonds. The lowest BCUT2D eigenvalue weighted by Crippen LogP contribution is -2.22. The molecule has 7 nitrogen and oxygen atoms in total. The molecule has 23 heavy (non-hydrogen) atoms. The van der Waals surface area contributed by atoms with E-state index in [-0.39, 0.29) is 29.5 Å². The van der Waals surface area contributed by atoms with Gasteiger partial charge in [0.1, 0.15) is 5.78 Å². The molecular weight excluding hydrogens is 415 g/mol. The van der Waals surface area contributed by atoms with Gasteiger partial charge in [-0.15, -0.1) is 0 Å². The lowest BCUT2D eigenvalue weighted by molar-refractivity contribution is -0.385. The van der Waals surface area contributed by atoms with Gasteiger partial charge in [0, 0.05) is 25.5 Å². The second-order valence-corrected chi connectivity index (χ2v) is 5.80. The van der Waals surface area contributed by atoms with E-state index in [0.717, 1.165) is 0 Å². The quantitative estimate of drug-likeness (QED) is 0.193. The molecule has 0 atom stereocenters. The van der Waals surface area contributed by atoms with Gasteiger partial charge in [-0.2, -0.15) is 0 Å². The first kappa shape index (κ1) is 19.5. The van der Waals surface area contributed by atoms with Crippen molar-refractivity contribution in [1.29, 1.82) is 0 Å². The summed E-state index contributed by atoms with van der Waals surface area (Å²) in [5, 5.41) is 22.7. The number of unbranched alkanes of at least 4 members (excludes halogenated alkanes) is 1. The Bertz CT molecular complexity index is 577. The number of alkyl halides is 1. The molecular formula is C15H19IN2O5. The highest BCUT2D eigenvalue weighted by Gasteiger charge is 2.14. The number of hydrogen-bond donors (Lipinski definition) is 2. The first-order valence-corrected chi connectivity index (χ1v) is 8.72. The monoisotopic (exact) mass is 434 g/mol. The summed E-state index contributed by atoms with van der Waals surface area (Å²) >= 11 is 2.02. The molecule has 0 radical (unpaired) electrons. The number of rotatable bonds is 10. The second kappa shape index (κ2) is 10.3. The molecule has 2 N–H and O–H groups in total. The van der Waals surface area contributed by atoms with Gasteiger partial charge >= 0.3 is 0 Å². The number of Topliss-reactive ketones (excluding diaryl/α,β-unsaturated/α-hetero) is 1. The van der Waals surface area contributed by atoms with E-state index < -0.39 is 11.5 Å². The average Bonchev–Trinajstić information content (AvgIpc) is 2.56. The fourth-order valence-electron chi connectivity index (χ4n) is 1.99. The summed E-state index contributed by atoms with van der Waals surface area (Å²) in [7, 11) is 0. The van der Waals surface area contributed by atoms with Crippen LogP contribution in [0.4, 0.5) is 5.69 Å². The largest absolute Gasteiger partial charge is 0.391 e. The van der Waals surface area contributed by atoms with Gasteiger partial charge < -0.3 is 10.4 Å². The van der Waals surface area contributed by atoms with Gasteiger partial charge in [-0.3, -0.25) is 19.7 Å². The number of benzene rings is 1. The molecule has 0 bridgehead atoms. The molecule has 0 spiro atoms. The van der Waals surface area contributed by atoms with Gasteiger partial charge in [0.15, 0.2) is 0 Å². The van der Waals surface area contributed by atoms with Crippen molar-refractivity contribution in [3.63, 3.8) is 0 Å². The summed E-state index contributed by atoms with van der Waals surface area (Å²) < 4.78 is 0.493.